The molecule has 2 rings (SSSR count). The van der Waals surface area contributed by atoms with Crippen molar-refractivity contribution in [2.75, 3.05) is 11.3 Å². The maximum Gasteiger partial charge on any atom is 0.226 e. The van der Waals surface area contributed by atoms with E-state index in [0.717, 1.165) is 17.3 Å². The highest BCUT2D eigenvalue weighted by Crippen LogP contribution is 2.10. The van der Waals surface area contributed by atoms with Crippen LogP contribution in [0.1, 0.15) is 5.82 Å². The maximum atomic E-state index is 11.5. The molecule has 0 unspecified atom stereocenters. The van der Waals surface area contributed by atoms with Gasteiger partial charge in [-0.1, -0.05) is 12.1 Å². The van der Waals surface area contributed by atoms with Gasteiger partial charge in [-0.25, -0.2) is 26.5 Å². The number of fused-ring (bicyclic) bond motifs is 1. The number of nitrogens with one attached hydrogen (secondary N) is 2. The van der Waals surface area contributed by atoms with E-state index in [0.29, 0.717) is 5.82 Å². The molecule has 1 aromatic heterocycles. The van der Waals surface area contributed by atoms with Crippen LogP contribution in [0, 0.1) is 0 Å². The molecule has 9 heteroatoms. The smallest absolute Gasteiger partial charge is 0.226 e. The van der Waals surface area contributed by atoms with Crippen molar-refractivity contribution in [2.45, 2.75) is 6.54 Å². The summed E-state index contributed by atoms with van der Waals surface area (Å²) in [5, 5.41) is -0.930. The first-order valence-corrected chi connectivity index (χ1v) is 9.05. The molecule has 0 aliphatic carbocycles. The molecule has 2 aromatic rings. The number of para-hydroxylation sites is 2. The predicted molar refractivity (Wildman–Crippen MR) is 71.6 cm³/mol. The molecule has 0 saturated heterocycles. The highest BCUT2D eigenvalue weighted by Gasteiger charge is 2.18. The molecule has 19 heavy (non-hydrogen) atoms. The molecule has 104 valence electrons. The topological polar surface area (TPSA) is 109 Å². The second-order valence-electron chi connectivity index (χ2n) is 4.18. The average Bonchev–Trinajstić information content (AvgIpc) is 2.66. The molecular weight excluding hydrogens is 290 g/mol. The highest BCUT2D eigenvalue weighted by molar-refractivity contribution is 8.06. The number of H-pyrrole nitrogens is 1. The zero-order valence-corrected chi connectivity index (χ0v) is 11.8. The van der Waals surface area contributed by atoms with Gasteiger partial charge in [0.15, 0.2) is 14.9 Å². The lowest BCUT2D eigenvalue weighted by atomic mass is 10.3. The number of hydrogen-bond acceptors (Lipinski definition) is 5. The summed E-state index contributed by atoms with van der Waals surface area (Å²) in [5.74, 6) is 0.429. The number of aromatic amines is 1. The Labute approximate surface area is 111 Å². The number of hydrogen-bond donors (Lipinski definition) is 2. The molecule has 0 bridgehead atoms. The highest BCUT2D eigenvalue weighted by atomic mass is 32.3. The van der Waals surface area contributed by atoms with Crippen LogP contribution in [0.5, 0.6) is 0 Å². The van der Waals surface area contributed by atoms with Gasteiger partial charge >= 0.3 is 0 Å². The lowest BCUT2D eigenvalue weighted by Gasteiger charge is -2.03. The molecule has 0 fully saturated rings. The molecule has 0 aliphatic heterocycles. The fourth-order valence-corrected chi connectivity index (χ4v) is 4.54. The standard InChI is InChI=1S/C10H13N3O4S2/c1-18(14,15)7-19(16,17)11-6-10-12-8-4-2-3-5-9(8)13-10/h2-5,11H,6-7H2,1H3,(H,12,13). The van der Waals surface area contributed by atoms with Gasteiger partial charge in [-0.05, 0) is 12.1 Å². The molecule has 2 N–H and O–H groups in total. The predicted octanol–water partition coefficient (Wildman–Crippen LogP) is -0.0156. The van der Waals surface area contributed by atoms with E-state index >= 15 is 0 Å². The SMILES string of the molecule is CS(=O)(=O)CS(=O)(=O)NCc1nc2ccccc2[nH]1. The van der Waals surface area contributed by atoms with Crippen LogP contribution in [0.3, 0.4) is 0 Å². The Hall–Kier alpha value is -1.45. The number of nitrogens with zero attached hydrogens (tertiary/aromatic N) is 1. The largest absolute Gasteiger partial charge is 0.341 e. The third-order valence-electron chi connectivity index (χ3n) is 2.27. The number of benzene rings is 1. The Morgan fingerprint density at radius 2 is 1.89 bits per heavy atom. The molecule has 0 spiro atoms. The normalized spacial score (nSPS) is 12.9. The summed E-state index contributed by atoms with van der Waals surface area (Å²) in [5.41, 5.74) is 1.51. The lowest BCUT2D eigenvalue weighted by Crippen LogP contribution is -2.29. The Morgan fingerprint density at radius 1 is 1.21 bits per heavy atom. The Bertz CT molecular complexity index is 760. The van der Waals surface area contributed by atoms with Gasteiger partial charge in [0.05, 0.1) is 17.6 Å². The van der Waals surface area contributed by atoms with Crippen molar-refractivity contribution in [3.8, 4) is 0 Å². The van der Waals surface area contributed by atoms with Crippen molar-refractivity contribution >= 4 is 30.9 Å². The second-order valence-corrected chi connectivity index (χ2v) is 8.49. The van der Waals surface area contributed by atoms with E-state index in [9.17, 15) is 16.8 Å². The zero-order valence-electron chi connectivity index (χ0n) is 10.1. The van der Waals surface area contributed by atoms with Gasteiger partial charge in [0.25, 0.3) is 0 Å². The molecule has 0 saturated carbocycles. The number of sulfone groups is 1. The molecule has 7 nitrogen and oxygen atoms in total. The summed E-state index contributed by atoms with van der Waals surface area (Å²) in [7, 11) is -7.46. The molecule has 1 heterocycles. The van der Waals surface area contributed by atoms with Crippen molar-refractivity contribution in [1.82, 2.24) is 14.7 Å². The van der Waals surface area contributed by atoms with Crippen LogP contribution in [0.4, 0.5) is 0 Å². The summed E-state index contributed by atoms with van der Waals surface area (Å²) in [6.45, 7) is -0.0769. The Balaban J connectivity index is 2.10. The third-order valence-corrected chi connectivity index (χ3v) is 5.81. The van der Waals surface area contributed by atoms with Gasteiger partial charge in [0.1, 0.15) is 5.82 Å². The van der Waals surface area contributed by atoms with Gasteiger partial charge in [-0.3, -0.25) is 0 Å². The van der Waals surface area contributed by atoms with Gasteiger partial charge in [0, 0.05) is 6.26 Å². The third kappa shape index (κ3) is 4.01. The van der Waals surface area contributed by atoms with E-state index < -0.39 is 24.9 Å². The first kappa shape index (κ1) is 14.0. The summed E-state index contributed by atoms with van der Waals surface area (Å²) >= 11 is 0. The first-order valence-electron chi connectivity index (χ1n) is 5.34. The monoisotopic (exact) mass is 303 g/mol. The molecule has 0 aliphatic rings. The molecule has 1 aromatic carbocycles. The van der Waals surface area contributed by atoms with E-state index in [-0.39, 0.29) is 6.54 Å². The maximum absolute atomic E-state index is 11.5. The lowest BCUT2D eigenvalue weighted by molar-refractivity contribution is 0.579. The molecule has 0 atom stereocenters. The van der Waals surface area contributed by atoms with Gasteiger partial charge in [0.2, 0.25) is 10.0 Å². The van der Waals surface area contributed by atoms with Crippen LogP contribution in [0.25, 0.3) is 11.0 Å². The van der Waals surface area contributed by atoms with Crippen molar-refractivity contribution in [3.05, 3.63) is 30.1 Å². The van der Waals surface area contributed by atoms with E-state index in [4.69, 9.17) is 0 Å². The van der Waals surface area contributed by atoms with Crippen LogP contribution in [-0.4, -0.2) is 38.1 Å². The van der Waals surface area contributed by atoms with E-state index in [1.54, 1.807) is 6.07 Å². The van der Waals surface area contributed by atoms with Crippen molar-refractivity contribution < 1.29 is 16.8 Å². The van der Waals surface area contributed by atoms with Crippen LogP contribution >= 0.6 is 0 Å². The Kier molecular flexibility index (Phi) is 3.61. The van der Waals surface area contributed by atoms with Gasteiger partial charge in [-0.15, -0.1) is 0 Å². The summed E-state index contributed by atoms with van der Waals surface area (Å²) in [6.07, 6.45) is 0.868. The van der Waals surface area contributed by atoms with Crippen LogP contribution in [-0.2, 0) is 26.4 Å². The summed E-state index contributed by atoms with van der Waals surface area (Å²) < 4.78 is 47.1. The average molecular weight is 303 g/mol. The minimum absolute atomic E-state index is 0.0769. The van der Waals surface area contributed by atoms with E-state index in [1.807, 2.05) is 18.2 Å². The van der Waals surface area contributed by atoms with Crippen LogP contribution in [0.15, 0.2) is 24.3 Å². The van der Waals surface area contributed by atoms with Crippen LogP contribution in [0.2, 0.25) is 0 Å². The second kappa shape index (κ2) is 4.91. The summed E-state index contributed by atoms with van der Waals surface area (Å²) in [6, 6.07) is 7.26. The molecule has 0 radical (unpaired) electrons. The molecular formula is C10H13N3O4S2. The number of aromatic nitrogens is 2. The van der Waals surface area contributed by atoms with Gasteiger partial charge < -0.3 is 4.98 Å². The molecule has 0 amide bonds. The number of imidazole rings is 1. The summed E-state index contributed by atoms with van der Waals surface area (Å²) in [4.78, 5) is 7.12. The van der Waals surface area contributed by atoms with E-state index in [1.165, 1.54) is 0 Å². The quantitative estimate of drug-likeness (QED) is 0.807. The van der Waals surface area contributed by atoms with E-state index in [2.05, 4.69) is 14.7 Å². The number of sulfonamides is 1. The Morgan fingerprint density at radius 3 is 2.53 bits per heavy atom. The zero-order chi connectivity index (χ0) is 14.1. The fraction of sp³-hybridized carbons (Fsp3) is 0.300. The minimum atomic E-state index is -3.87. The van der Waals surface area contributed by atoms with Crippen LogP contribution < -0.4 is 4.72 Å². The van der Waals surface area contributed by atoms with Gasteiger partial charge in [-0.2, -0.15) is 0 Å². The minimum Gasteiger partial charge on any atom is -0.341 e. The first-order chi connectivity index (χ1) is 8.75. The van der Waals surface area contributed by atoms with Crippen molar-refractivity contribution in [2.24, 2.45) is 0 Å². The van der Waals surface area contributed by atoms with Crippen molar-refractivity contribution in [3.63, 3.8) is 0 Å². The van der Waals surface area contributed by atoms with Crippen molar-refractivity contribution in [1.29, 1.82) is 0 Å². The number of rotatable bonds is 5. The fourth-order valence-electron chi connectivity index (χ4n) is 1.59.